The van der Waals surface area contributed by atoms with Crippen molar-refractivity contribution in [2.45, 2.75) is 17.8 Å². The van der Waals surface area contributed by atoms with Gasteiger partial charge in [0, 0.05) is 42.6 Å². The van der Waals surface area contributed by atoms with Crippen LogP contribution in [0.5, 0.6) is 5.75 Å². The van der Waals surface area contributed by atoms with Gasteiger partial charge in [0.05, 0.1) is 29.5 Å². The molecule has 2 aromatic carbocycles. The van der Waals surface area contributed by atoms with Crippen molar-refractivity contribution in [3.05, 3.63) is 65.5 Å². The van der Waals surface area contributed by atoms with Crippen LogP contribution in [0.25, 0.3) is 11.4 Å². The van der Waals surface area contributed by atoms with Crippen molar-refractivity contribution in [1.82, 2.24) is 15.3 Å². The maximum atomic E-state index is 13.4. The monoisotopic (exact) mass is 570 g/mol. The van der Waals surface area contributed by atoms with E-state index in [4.69, 9.17) is 4.74 Å². The van der Waals surface area contributed by atoms with Gasteiger partial charge in [-0.2, -0.15) is 23.8 Å². The molecular formula is C25H23F5N4O4S. The molecule has 39 heavy (non-hydrogen) atoms. The number of aromatic nitrogens is 2. The number of halogens is 5. The van der Waals surface area contributed by atoms with Crippen molar-refractivity contribution in [3.8, 4) is 29.0 Å². The van der Waals surface area contributed by atoms with Crippen molar-refractivity contribution in [3.63, 3.8) is 0 Å². The maximum absolute atomic E-state index is 13.4. The molecule has 5 N–H and O–H groups in total. The van der Waals surface area contributed by atoms with E-state index in [-0.39, 0.29) is 47.2 Å². The molecule has 0 spiro atoms. The summed E-state index contributed by atoms with van der Waals surface area (Å²) in [7, 11) is -2.79. The molecule has 1 aliphatic heterocycles. The smallest absolute Gasteiger partial charge is 0.432 e. The molecule has 8 nitrogen and oxygen atoms in total. The molecular weight excluding hydrogens is 547 g/mol. The molecule has 14 heteroatoms. The van der Waals surface area contributed by atoms with Crippen LogP contribution in [0.15, 0.2) is 42.6 Å². The third-order valence-corrected chi connectivity index (χ3v) is 8.02. The Kier molecular flexibility index (Phi) is 8.45. The summed E-state index contributed by atoms with van der Waals surface area (Å²) in [4.78, 5) is 18.4. The number of aromatic amines is 1. The number of amides is 1. The molecule has 0 bridgehead atoms. The highest BCUT2D eigenvalue weighted by Gasteiger charge is 2.33. The Morgan fingerprint density at radius 1 is 1.18 bits per heavy atom. The molecule has 4 rings (SSSR count). The number of nitrogens with zero attached hydrogens (tertiary/aromatic N) is 1. The van der Waals surface area contributed by atoms with Gasteiger partial charge in [0.2, 0.25) is 0 Å². The molecule has 208 valence electrons. The first-order valence-electron chi connectivity index (χ1n) is 11.5. The van der Waals surface area contributed by atoms with E-state index in [1.807, 2.05) is 0 Å². The van der Waals surface area contributed by atoms with Crippen LogP contribution in [-0.2, 0) is 11.0 Å². The zero-order valence-corrected chi connectivity index (χ0v) is 20.9. The van der Waals surface area contributed by atoms with Crippen LogP contribution in [0.1, 0.15) is 17.7 Å². The van der Waals surface area contributed by atoms with Gasteiger partial charge in [-0.3, -0.25) is 13.9 Å². The molecule has 1 amide bonds. The second-order valence-corrected chi connectivity index (χ2v) is 11.1. The summed E-state index contributed by atoms with van der Waals surface area (Å²) in [6.45, 7) is 0.922. The molecule has 1 fully saturated rings. The minimum atomic E-state index is -4.64. The molecule has 0 saturated carbocycles. The largest absolute Gasteiger partial charge is 0.491 e. The number of anilines is 1. The molecule has 1 aliphatic rings. The van der Waals surface area contributed by atoms with E-state index in [1.54, 1.807) is 0 Å². The Morgan fingerprint density at radius 2 is 1.92 bits per heavy atom. The molecule has 1 saturated heterocycles. The standard InChI is InChI=1S/C25H23F5N4O4S/c26-17-9-15(10-18(27)12-17)1-4-23(35)33-20-11-16(24-32-14-22(34-24)25(28,29)30)2-3-21(20)38-7-5-19-13-31-6-8-39(19,36)37/h2-3,9-12,14,19,31,36-37H,5-8,13H2,(H,32,34)(H,33,35). The van der Waals surface area contributed by atoms with Gasteiger partial charge in [0.25, 0.3) is 0 Å². The summed E-state index contributed by atoms with van der Waals surface area (Å²) in [5, 5.41) is 5.11. The van der Waals surface area contributed by atoms with Crippen molar-refractivity contribution >= 4 is 22.2 Å². The van der Waals surface area contributed by atoms with E-state index in [0.29, 0.717) is 25.4 Å². The number of hydrogen-bond acceptors (Lipinski definition) is 6. The summed E-state index contributed by atoms with van der Waals surface area (Å²) in [5.74, 6) is 2.15. The van der Waals surface area contributed by atoms with Gasteiger partial charge in [-0.1, -0.05) is 5.92 Å². The highest BCUT2D eigenvalue weighted by Crippen LogP contribution is 2.46. The number of rotatable bonds is 6. The maximum Gasteiger partial charge on any atom is 0.432 e. The van der Waals surface area contributed by atoms with E-state index in [0.717, 1.165) is 12.1 Å². The average Bonchev–Trinajstić information content (AvgIpc) is 3.35. The van der Waals surface area contributed by atoms with E-state index < -0.39 is 45.3 Å². The van der Waals surface area contributed by atoms with Crippen molar-refractivity contribution < 1.29 is 40.6 Å². The number of benzene rings is 2. The number of alkyl halides is 3. The Morgan fingerprint density at radius 3 is 2.59 bits per heavy atom. The minimum Gasteiger partial charge on any atom is -0.491 e. The van der Waals surface area contributed by atoms with Crippen LogP contribution in [0, 0.1) is 23.5 Å². The quantitative estimate of drug-likeness (QED) is 0.214. The van der Waals surface area contributed by atoms with Gasteiger partial charge in [-0.15, -0.1) is 0 Å². The number of H-pyrrole nitrogens is 1. The normalized spacial score (nSPS) is 17.6. The third-order valence-electron chi connectivity index (χ3n) is 5.75. The van der Waals surface area contributed by atoms with Crippen molar-refractivity contribution in [1.29, 1.82) is 0 Å². The van der Waals surface area contributed by atoms with Gasteiger partial charge in [0.15, 0.2) is 0 Å². The lowest BCUT2D eigenvalue weighted by molar-refractivity contribution is -0.140. The van der Waals surface area contributed by atoms with Crippen molar-refractivity contribution in [2.24, 2.45) is 0 Å². The molecule has 1 aromatic heterocycles. The summed E-state index contributed by atoms with van der Waals surface area (Å²) in [6.07, 6.45) is -3.72. The first-order chi connectivity index (χ1) is 18.4. The van der Waals surface area contributed by atoms with Gasteiger partial charge in [-0.25, -0.2) is 13.8 Å². The molecule has 1 atom stereocenters. The highest BCUT2D eigenvalue weighted by atomic mass is 32.3. The number of nitrogens with one attached hydrogen (secondary N) is 3. The fraction of sp³-hybridized carbons (Fsp3) is 0.280. The zero-order valence-electron chi connectivity index (χ0n) is 20.1. The van der Waals surface area contributed by atoms with Crippen LogP contribution in [0.3, 0.4) is 0 Å². The zero-order chi connectivity index (χ0) is 28.2. The number of imidazole rings is 1. The Labute approximate surface area is 221 Å². The second kappa shape index (κ2) is 11.6. The number of carbonyl (C=O) groups excluding carboxylic acids is 1. The first kappa shape index (κ1) is 28.4. The van der Waals surface area contributed by atoms with E-state index in [2.05, 4.69) is 32.4 Å². The summed E-state index contributed by atoms with van der Waals surface area (Å²) in [5.41, 5.74) is -0.908. The number of ether oxygens (including phenoxy) is 1. The lowest BCUT2D eigenvalue weighted by Gasteiger charge is -2.43. The average molecular weight is 571 g/mol. The molecule has 1 unspecified atom stereocenters. The highest BCUT2D eigenvalue weighted by molar-refractivity contribution is 8.24. The minimum absolute atomic E-state index is 0.0376. The fourth-order valence-electron chi connectivity index (χ4n) is 3.80. The molecule has 0 aliphatic carbocycles. The van der Waals surface area contributed by atoms with E-state index >= 15 is 0 Å². The van der Waals surface area contributed by atoms with Crippen LogP contribution in [-0.4, -0.2) is 55.7 Å². The van der Waals surface area contributed by atoms with Gasteiger partial charge in [0.1, 0.15) is 28.9 Å². The Bertz CT molecular complexity index is 1400. The van der Waals surface area contributed by atoms with Crippen LogP contribution < -0.4 is 15.4 Å². The molecule has 3 aromatic rings. The second-order valence-electron chi connectivity index (χ2n) is 8.60. The van der Waals surface area contributed by atoms with E-state index in [9.17, 15) is 35.9 Å². The number of hydrogen-bond donors (Lipinski definition) is 5. The lowest BCUT2D eigenvalue weighted by Crippen LogP contribution is -2.41. The van der Waals surface area contributed by atoms with Gasteiger partial charge >= 0.3 is 12.1 Å². The predicted molar refractivity (Wildman–Crippen MR) is 135 cm³/mol. The molecule has 2 heterocycles. The predicted octanol–water partition coefficient (Wildman–Crippen LogP) is 4.86. The lowest BCUT2D eigenvalue weighted by atomic mass is 10.1. The third kappa shape index (κ3) is 7.48. The fourth-order valence-corrected chi connectivity index (χ4v) is 5.43. The summed E-state index contributed by atoms with van der Waals surface area (Å²) < 4.78 is 92.1. The first-order valence-corrected chi connectivity index (χ1v) is 13.3. The Hall–Kier alpha value is -3.64. The van der Waals surface area contributed by atoms with Gasteiger partial charge in [-0.05, 0) is 30.3 Å². The van der Waals surface area contributed by atoms with Crippen LogP contribution in [0.2, 0.25) is 0 Å². The molecule has 0 radical (unpaired) electrons. The topological polar surface area (TPSA) is 120 Å². The summed E-state index contributed by atoms with van der Waals surface area (Å²) in [6, 6.07) is 6.71. The summed E-state index contributed by atoms with van der Waals surface area (Å²) >= 11 is 0. The Balaban J connectivity index is 1.56. The van der Waals surface area contributed by atoms with E-state index in [1.165, 1.54) is 18.2 Å². The van der Waals surface area contributed by atoms with Crippen molar-refractivity contribution in [2.75, 3.05) is 30.8 Å². The van der Waals surface area contributed by atoms with Crippen LogP contribution >= 0.6 is 10.6 Å². The van der Waals surface area contributed by atoms with Crippen LogP contribution in [0.4, 0.5) is 27.6 Å². The SMILES string of the molecule is O=C(C#Cc1cc(F)cc(F)c1)Nc1cc(-c2ncc(C(F)(F)F)[nH]2)ccc1OCCC1CNCCS1(O)O. The van der Waals surface area contributed by atoms with Gasteiger partial charge < -0.3 is 20.4 Å². The number of carbonyl (C=O) groups is 1.